The fraction of sp³-hybridized carbons (Fsp3) is 0.533. The summed E-state index contributed by atoms with van der Waals surface area (Å²) in [5.74, 6) is 0.222. The minimum absolute atomic E-state index is 0.0115. The quantitative estimate of drug-likeness (QED) is 0.918. The zero-order valence-electron chi connectivity index (χ0n) is 11.1. The number of halogens is 1. The maximum Gasteiger partial charge on any atom is 0.240 e. The highest BCUT2D eigenvalue weighted by atomic mass is 35.5. The van der Waals surface area contributed by atoms with Crippen LogP contribution in [-0.2, 0) is 4.79 Å². The van der Waals surface area contributed by atoms with E-state index in [1.807, 2.05) is 29.2 Å². The van der Waals surface area contributed by atoms with E-state index in [9.17, 15) is 4.79 Å². The van der Waals surface area contributed by atoms with Crippen LogP contribution in [0, 0.1) is 0 Å². The fourth-order valence-corrected chi connectivity index (χ4v) is 3.05. The minimum Gasteiger partial charge on any atom is -0.334 e. The van der Waals surface area contributed by atoms with Gasteiger partial charge in [-0.1, -0.05) is 29.8 Å². The minimum atomic E-state index is 0.0115. The van der Waals surface area contributed by atoms with Gasteiger partial charge in [0.1, 0.15) is 0 Å². The molecule has 0 bridgehead atoms. The lowest BCUT2D eigenvalue weighted by Gasteiger charge is -2.26. The summed E-state index contributed by atoms with van der Waals surface area (Å²) in [4.78, 5) is 14.4. The van der Waals surface area contributed by atoms with Crippen LogP contribution in [0.3, 0.4) is 0 Å². The van der Waals surface area contributed by atoms with Gasteiger partial charge in [-0.2, -0.15) is 0 Å². The van der Waals surface area contributed by atoms with E-state index in [-0.39, 0.29) is 18.0 Å². The maximum absolute atomic E-state index is 12.4. The Morgan fingerprint density at radius 3 is 2.74 bits per heavy atom. The molecule has 19 heavy (non-hydrogen) atoms. The average molecular weight is 279 g/mol. The van der Waals surface area contributed by atoms with E-state index in [1.165, 1.54) is 12.8 Å². The van der Waals surface area contributed by atoms with Gasteiger partial charge < -0.3 is 10.2 Å². The zero-order valence-corrected chi connectivity index (χ0v) is 11.9. The number of hydrogen-bond donors (Lipinski definition) is 1. The van der Waals surface area contributed by atoms with Gasteiger partial charge in [0.15, 0.2) is 0 Å². The molecule has 1 aromatic carbocycles. The standard InChI is InChI=1S/C15H19ClN2O/c1-10(12-4-2-3-5-13(12)16)18-9-8-14(15(18)19)17-11-6-7-11/h2-5,10-11,14,17H,6-9H2,1H3. The van der Waals surface area contributed by atoms with Crippen molar-refractivity contribution in [3.05, 3.63) is 34.9 Å². The first kappa shape index (κ1) is 12.9. The van der Waals surface area contributed by atoms with Crippen molar-refractivity contribution in [2.45, 2.75) is 44.3 Å². The summed E-state index contributed by atoms with van der Waals surface area (Å²) in [5.41, 5.74) is 1.03. The second-order valence-corrected chi connectivity index (χ2v) is 5.92. The molecule has 1 N–H and O–H groups in total. The second-order valence-electron chi connectivity index (χ2n) is 5.51. The average Bonchev–Trinajstić information content (AvgIpc) is 3.14. The van der Waals surface area contributed by atoms with E-state index in [1.54, 1.807) is 0 Å². The van der Waals surface area contributed by atoms with E-state index in [0.717, 1.165) is 23.6 Å². The van der Waals surface area contributed by atoms with Crippen LogP contribution in [0.5, 0.6) is 0 Å². The van der Waals surface area contributed by atoms with Crippen LogP contribution in [0.1, 0.15) is 37.8 Å². The Kier molecular flexibility index (Phi) is 3.50. The molecular formula is C15H19ClN2O. The molecule has 1 saturated heterocycles. The van der Waals surface area contributed by atoms with Gasteiger partial charge in [0.05, 0.1) is 12.1 Å². The van der Waals surface area contributed by atoms with E-state index >= 15 is 0 Å². The van der Waals surface area contributed by atoms with E-state index in [4.69, 9.17) is 11.6 Å². The third-order valence-corrected chi connectivity index (χ3v) is 4.42. The molecule has 3 rings (SSSR count). The molecule has 2 fully saturated rings. The maximum atomic E-state index is 12.4. The Balaban J connectivity index is 1.72. The van der Waals surface area contributed by atoms with Gasteiger partial charge >= 0.3 is 0 Å². The predicted octanol–water partition coefficient (Wildman–Crippen LogP) is 2.75. The van der Waals surface area contributed by atoms with Crippen LogP contribution >= 0.6 is 11.6 Å². The van der Waals surface area contributed by atoms with Crippen LogP contribution in [0.4, 0.5) is 0 Å². The molecule has 1 aliphatic heterocycles. The van der Waals surface area contributed by atoms with Gasteiger partial charge in [0.2, 0.25) is 5.91 Å². The molecule has 0 spiro atoms. The molecule has 1 aliphatic carbocycles. The third-order valence-electron chi connectivity index (χ3n) is 4.08. The van der Waals surface area contributed by atoms with Crippen molar-refractivity contribution in [2.75, 3.05) is 6.54 Å². The summed E-state index contributed by atoms with van der Waals surface area (Å²) in [6, 6.07) is 8.41. The number of hydrogen-bond acceptors (Lipinski definition) is 2. The number of benzene rings is 1. The Hall–Kier alpha value is -1.06. The molecule has 1 heterocycles. The molecule has 0 radical (unpaired) electrons. The number of carbonyl (C=O) groups excluding carboxylic acids is 1. The fourth-order valence-electron chi connectivity index (χ4n) is 2.76. The molecule has 102 valence electrons. The molecule has 2 aliphatic rings. The summed E-state index contributed by atoms with van der Waals surface area (Å²) in [5, 5.41) is 4.17. The number of rotatable bonds is 4. The smallest absolute Gasteiger partial charge is 0.240 e. The van der Waals surface area contributed by atoms with Gasteiger partial charge in [0, 0.05) is 17.6 Å². The summed E-state index contributed by atoms with van der Waals surface area (Å²) < 4.78 is 0. The largest absolute Gasteiger partial charge is 0.334 e. The number of likely N-dealkylation sites (tertiary alicyclic amines) is 1. The number of amides is 1. The van der Waals surface area contributed by atoms with Crippen molar-refractivity contribution >= 4 is 17.5 Å². The Bertz CT molecular complexity index is 487. The first-order valence-electron chi connectivity index (χ1n) is 6.98. The lowest BCUT2D eigenvalue weighted by molar-refractivity contribution is -0.131. The van der Waals surface area contributed by atoms with E-state index in [2.05, 4.69) is 12.2 Å². The number of nitrogens with zero attached hydrogens (tertiary/aromatic N) is 1. The molecule has 2 atom stereocenters. The van der Waals surface area contributed by atoms with Gasteiger partial charge in [-0.3, -0.25) is 4.79 Å². The highest BCUT2D eigenvalue weighted by Gasteiger charge is 2.37. The van der Waals surface area contributed by atoms with Crippen molar-refractivity contribution in [1.29, 1.82) is 0 Å². The van der Waals surface area contributed by atoms with Crippen molar-refractivity contribution in [1.82, 2.24) is 10.2 Å². The van der Waals surface area contributed by atoms with Crippen molar-refractivity contribution in [3.63, 3.8) is 0 Å². The van der Waals surface area contributed by atoms with Crippen LogP contribution in [0.25, 0.3) is 0 Å². The third kappa shape index (κ3) is 2.63. The summed E-state index contributed by atoms with van der Waals surface area (Å²) in [7, 11) is 0. The molecule has 4 heteroatoms. The second kappa shape index (κ2) is 5.14. The first-order valence-corrected chi connectivity index (χ1v) is 7.35. The van der Waals surface area contributed by atoms with Gasteiger partial charge in [-0.05, 0) is 37.8 Å². The van der Waals surface area contributed by atoms with Gasteiger partial charge in [-0.25, -0.2) is 0 Å². The SMILES string of the molecule is CC(c1ccccc1Cl)N1CCC(NC2CC2)C1=O. The molecule has 2 unspecified atom stereocenters. The molecule has 1 saturated carbocycles. The zero-order chi connectivity index (χ0) is 13.4. The van der Waals surface area contributed by atoms with E-state index in [0.29, 0.717) is 6.04 Å². The summed E-state index contributed by atoms with van der Waals surface area (Å²) >= 11 is 6.22. The summed E-state index contributed by atoms with van der Waals surface area (Å²) in [6.45, 7) is 2.87. The lowest BCUT2D eigenvalue weighted by Crippen LogP contribution is -2.40. The number of carbonyl (C=O) groups is 1. The van der Waals surface area contributed by atoms with Crippen LogP contribution in [0.15, 0.2) is 24.3 Å². The molecule has 0 aromatic heterocycles. The molecular weight excluding hydrogens is 260 g/mol. The molecule has 3 nitrogen and oxygen atoms in total. The monoisotopic (exact) mass is 278 g/mol. The van der Waals surface area contributed by atoms with Crippen molar-refractivity contribution in [3.8, 4) is 0 Å². The highest BCUT2D eigenvalue weighted by molar-refractivity contribution is 6.31. The predicted molar refractivity (Wildman–Crippen MR) is 76.1 cm³/mol. The van der Waals surface area contributed by atoms with Crippen molar-refractivity contribution in [2.24, 2.45) is 0 Å². The topological polar surface area (TPSA) is 32.3 Å². The van der Waals surface area contributed by atoms with E-state index < -0.39 is 0 Å². The van der Waals surface area contributed by atoms with Crippen molar-refractivity contribution < 1.29 is 4.79 Å². The van der Waals surface area contributed by atoms with Gasteiger partial charge in [-0.15, -0.1) is 0 Å². The molecule has 1 aromatic rings. The number of nitrogens with one attached hydrogen (secondary N) is 1. The van der Waals surface area contributed by atoms with Crippen LogP contribution in [-0.4, -0.2) is 29.4 Å². The summed E-state index contributed by atoms with van der Waals surface area (Å²) in [6.07, 6.45) is 3.33. The highest BCUT2D eigenvalue weighted by Crippen LogP contribution is 2.31. The van der Waals surface area contributed by atoms with Gasteiger partial charge in [0.25, 0.3) is 0 Å². The Morgan fingerprint density at radius 2 is 2.05 bits per heavy atom. The Morgan fingerprint density at radius 1 is 1.32 bits per heavy atom. The molecule has 1 amide bonds. The van der Waals surface area contributed by atoms with Crippen LogP contribution in [0.2, 0.25) is 5.02 Å². The first-order chi connectivity index (χ1) is 9.16. The Labute approximate surface area is 118 Å². The normalized spacial score (nSPS) is 24.8. The van der Waals surface area contributed by atoms with Crippen LogP contribution < -0.4 is 5.32 Å². The lowest BCUT2D eigenvalue weighted by atomic mass is 10.1.